The molecule has 0 saturated heterocycles. The van der Waals surface area contributed by atoms with E-state index in [1.165, 1.54) is 19.3 Å². The molecule has 0 aliphatic rings. The Morgan fingerprint density at radius 1 is 0.846 bits per heavy atom. The van der Waals surface area contributed by atoms with Gasteiger partial charge in [-0.1, -0.05) is 26.2 Å². The van der Waals surface area contributed by atoms with E-state index in [9.17, 15) is 0 Å². The molecule has 4 heteroatoms. The standard InChI is InChI=1S/C9H22O3Si/c1-5-6-7-8-9-13(10-2,11-3)12-4/h5-9H2,1-4H3. The Morgan fingerprint density at radius 2 is 1.38 bits per heavy atom. The molecule has 0 heterocycles. The van der Waals surface area contributed by atoms with Crippen molar-refractivity contribution in [3.63, 3.8) is 0 Å². The van der Waals surface area contributed by atoms with Crippen molar-refractivity contribution >= 4 is 8.80 Å². The van der Waals surface area contributed by atoms with Crippen LogP contribution in [-0.4, -0.2) is 30.1 Å². The highest BCUT2D eigenvalue weighted by Crippen LogP contribution is 2.17. The highest BCUT2D eigenvalue weighted by molar-refractivity contribution is 6.60. The fourth-order valence-electron chi connectivity index (χ4n) is 1.32. The zero-order valence-corrected chi connectivity index (χ0v) is 10.3. The summed E-state index contributed by atoms with van der Waals surface area (Å²) in [6.07, 6.45) is 4.90. The molecule has 0 aliphatic carbocycles. The van der Waals surface area contributed by atoms with Crippen LogP contribution in [0.15, 0.2) is 0 Å². The van der Waals surface area contributed by atoms with E-state index in [0.29, 0.717) is 0 Å². The van der Waals surface area contributed by atoms with Gasteiger partial charge in [0.1, 0.15) is 0 Å². The van der Waals surface area contributed by atoms with Crippen LogP contribution in [0.3, 0.4) is 0 Å². The van der Waals surface area contributed by atoms with Gasteiger partial charge in [0, 0.05) is 27.4 Å². The lowest BCUT2D eigenvalue weighted by Crippen LogP contribution is -2.42. The van der Waals surface area contributed by atoms with Gasteiger partial charge in [-0.3, -0.25) is 0 Å². The van der Waals surface area contributed by atoms with E-state index in [4.69, 9.17) is 13.3 Å². The van der Waals surface area contributed by atoms with E-state index < -0.39 is 8.80 Å². The number of hydrogen-bond acceptors (Lipinski definition) is 3. The van der Waals surface area contributed by atoms with Gasteiger partial charge in [0.25, 0.3) is 0 Å². The molecule has 0 aromatic carbocycles. The molecule has 13 heavy (non-hydrogen) atoms. The van der Waals surface area contributed by atoms with Crippen molar-refractivity contribution in [2.75, 3.05) is 21.3 Å². The zero-order valence-electron chi connectivity index (χ0n) is 9.26. The lowest BCUT2D eigenvalue weighted by Gasteiger charge is -2.24. The van der Waals surface area contributed by atoms with Crippen LogP contribution in [-0.2, 0) is 13.3 Å². The molecule has 0 aromatic rings. The number of unbranched alkanes of at least 4 members (excludes halogenated alkanes) is 3. The first-order chi connectivity index (χ1) is 6.24. The molecule has 0 unspecified atom stereocenters. The maximum atomic E-state index is 5.31. The van der Waals surface area contributed by atoms with Gasteiger partial charge in [-0.2, -0.15) is 0 Å². The van der Waals surface area contributed by atoms with E-state index in [0.717, 1.165) is 12.5 Å². The zero-order chi connectivity index (χ0) is 10.2. The lowest BCUT2D eigenvalue weighted by atomic mass is 10.2. The molecular weight excluding hydrogens is 184 g/mol. The van der Waals surface area contributed by atoms with Crippen molar-refractivity contribution in [3.05, 3.63) is 0 Å². The van der Waals surface area contributed by atoms with Crippen LogP contribution in [0.5, 0.6) is 0 Å². The van der Waals surface area contributed by atoms with Crippen LogP contribution >= 0.6 is 0 Å². The van der Waals surface area contributed by atoms with Gasteiger partial charge >= 0.3 is 8.80 Å². The Kier molecular flexibility index (Phi) is 7.55. The third kappa shape index (κ3) is 4.76. The summed E-state index contributed by atoms with van der Waals surface area (Å²) in [5.74, 6) is 0. The van der Waals surface area contributed by atoms with Crippen LogP contribution in [0.4, 0.5) is 0 Å². The minimum atomic E-state index is -2.27. The molecule has 0 aliphatic heterocycles. The van der Waals surface area contributed by atoms with E-state index in [-0.39, 0.29) is 0 Å². The van der Waals surface area contributed by atoms with Crippen LogP contribution < -0.4 is 0 Å². The Morgan fingerprint density at radius 3 is 1.77 bits per heavy atom. The maximum Gasteiger partial charge on any atom is 0.500 e. The third-order valence-corrected chi connectivity index (χ3v) is 5.10. The molecule has 0 amide bonds. The van der Waals surface area contributed by atoms with E-state index in [1.807, 2.05) is 0 Å². The summed E-state index contributed by atoms with van der Waals surface area (Å²) >= 11 is 0. The van der Waals surface area contributed by atoms with Crippen LogP contribution in [0.2, 0.25) is 6.04 Å². The van der Waals surface area contributed by atoms with E-state index in [1.54, 1.807) is 21.3 Å². The predicted octanol–water partition coefficient (Wildman–Crippen LogP) is 2.44. The van der Waals surface area contributed by atoms with Gasteiger partial charge < -0.3 is 13.3 Å². The number of rotatable bonds is 8. The van der Waals surface area contributed by atoms with Crippen molar-refractivity contribution < 1.29 is 13.3 Å². The van der Waals surface area contributed by atoms with Crippen molar-refractivity contribution in [3.8, 4) is 0 Å². The Hall–Kier alpha value is 0.0969. The van der Waals surface area contributed by atoms with Crippen molar-refractivity contribution in [1.82, 2.24) is 0 Å². The summed E-state index contributed by atoms with van der Waals surface area (Å²) in [5.41, 5.74) is 0. The minimum absolute atomic E-state index is 0.927. The van der Waals surface area contributed by atoms with Crippen LogP contribution in [0.1, 0.15) is 32.6 Å². The Bertz CT molecular complexity index is 107. The Balaban J connectivity index is 3.68. The molecule has 0 atom stereocenters. The molecule has 0 aromatic heterocycles. The van der Waals surface area contributed by atoms with Gasteiger partial charge in [-0.25, -0.2) is 0 Å². The molecule has 0 spiro atoms. The molecule has 0 bridgehead atoms. The van der Waals surface area contributed by atoms with Crippen molar-refractivity contribution in [1.29, 1.82) is 0 Å². The van der Waals surface area contributed by atoms with Gasteiger partial charge in [-0.15, -0.1) is 0 Å². The fourth-order valence-corrected chi connectivity index (χ4v) is 3.12. The lowest BCUT2D eigenvalue weighted by molar-refractivity contribution is 0.122. The van der Waals surface area contributed by atoms with Gasteiger partial charge in [0.2, 0.25) is 0 Å². The molecule has 0 radical (unpaired) electrons. The summed E-state index contributed by atoms with van der Waals surface area (Å²) in [6, 6.07) is 0.927. The fraction of sp³-hybridized carbons (Fsp3) is 1.00. The van der Waals surface area contributed by atoms with Crippen LogP contribution in [0, 0.1) is 0 Å². The third-order valence-electron chi connectivity index (χ3n) is 2.27. The number of hydrogen-bond donors (Lipinski definition) is 0. The Labute approximate surface area is 82.8 Å². The first-order valence-electron chi connectivity index (χ1n) is 4.90. The molecule has 0 N–H and O–H groups in total. The predicted molar refractivity (Wildman–Crippen MR) is 55.7 cm³/mol. The van der Waals surface area contributed by atoms with E-state index in [2.05, 4.69) is 6.92 Å². The van der Waals surface area contributed by atoms with Crippen LogP contribution in [0.25, 0.3) is 0 Å². The second-order valence-corrected chi connectivity index (χ2v) is 6.20. The highest BCUT2D eigenvalue weighted by atomic mass is 28.4. The van der Waals surface area contributed by atoms with Gasteiger partial charge in [0.05, 0.1) is 0 Å². The average Bonchev–Trinajstić information content (AvgIpc) is 2.20. The minimum Gasteiger partial charge on any atom is -0.377 e. The maximum absolute atomic E-state index is 5.31. The summed E-state index contributed by atoms with van der Waals surface area (Å²) in [7, 11) is 2.73. The van der Waals surface area contributed by atoms with Crippen molar-refractivity contribution in [2.24, 2.45) is 0 Å². The van der Waals surface area contributed by atoms with Gasteiger partial charge in [-0.05, 0) is 6.42 Å². The quantitative estimate of drug-likeness (QED) is 0.451. The molecule has 3 nitrogen and oxygen atoms in total. The summed E-state index contributed by atoms with van der Waals surface area (Å²) in [5, 5.41) is 0. The average molecular weight is 206 g/mol. The molecule has 0 fully saturated rings. The summed E-state index contributed by atoms with van der Waals surface area (Å²) < 4.78 is 15.9. The molecule has 0 saturated carbocycles. The van der Waals surface area contributed by atoms with E-state index >= 15 is 0 Å². The molecule has 80 valence electrons. The first kappa shape index (κ1) is 13.1. The molecular formula is C9H22O3Si. The van der Waals surface area contributed by atoms with Gasteiger partial charge in [0.15, 0.2) is 0 Å². The topological polar surface area (TPSA) is 27.7 Å². The first-order valence-corrected chi connectivity index (χ1v) is 6.83. The second-order valence-electron chi connectivity index (χ2n) is 3.11. The summed E-state index contributed by atoms with van der Waals surface area (Å²) in [6.45, 7) is 2.20. The van der Waals surface area contributed by atoms with Crippen molar-refractivity contribution in [2.45, 2.75) is 38.7 Å². The normalized spacial score (nSPS) is 12.0. The monoisotopic (exact) mass is 206 g/mol. The molecule has 0 rings (SSSR count). The second kappa shape index (κ2) is 7.50. The summed E-state index contributed by atoms with van der Waals surface area (Å²) in [4.78, 5) is 0. The smallest absolute Gasteiger partial charge is 0.377 e. The largest absolute Gasteiger partial charge is 0.500 e. The SMILES string of the molecule is CCCCCC[Si](OC)(OC)OC. The highest BCUT2D eigenvalue weighted by Gasteiger charge is 2.36.